The first-order valence-corrected chi connectivity index (χ1v) is 10.5. The molecule has 3 aromatic carbocycles. The van der Waals surface area contributed by atoms with Gasteiger partial charge in [0.15, 0.2) is 0 Å². The molecule has 0 atom stereocenters. The Hall–Kier alpha value is -4.20. The van der Waals surface area contributed by atoms with Crippen LogP contribution >= 0.6 is 0 Å². The second-order valence-corrected chi connectivity index (χ2v) is 7.36. The molecule has 8 heteroatoms. The van der Waals surface area contributed by atoms with E-state index in [1.54, 1.807) is 31.3 Å². The van der Waals surface area contributed by atoms with Crippen LogP contribution in [0.4, 0.5) is 0 Å². The molecule has 1 heterocycles. The normalized spacial score (nSPS) is 15.2. The second-order valence-electron chi connectivity index (χ2n) is 7.36. The monoisotopic (exact) mass is 445 g/mol. The van der Waals surface area contributed by atoms with Gasteiger partial charge in [-0.15, -0.1) is 0 Å². The molecule has 0 aliphatic carbocycles. The number of hydrogen-bond donors (Lipinski definition) is 2. The van der Waals surface area contributed by atoms with E-state index in [-0.39, 0.29) is 11.9 Å². The summed E-state index contributed by atoms with van der Waals surface area (Å²) >= 11 is 0. The Labute approximate surface area is 192 Å². The molecule has 2 N–H and O–H groups in total. The van der Waals surface area contributed by atoms with Crippen LogP contribution < -0.4 is 14.9 Å². The fourth-order valence-electron chi connectivity index (χ4n) is 3.25. The number of benzene rings is 3. The Morgan fingerprint density at radius 2 is 1.42 bits per heavy atom. The third kappa shape index (κ3) is 6.16. The van der Waals surface area contributed by atoms with E-state index < -0.39 is 7.12 Å². The average Bonchev–Trinajstić information content (AvgIpc) is 2.80. The minimum absolute atomic E-state index is 0.331. The standard InChI is InChI=1S/C25H24BNO6/c1-27-17-24(28)32-26(33-25(29)18-27)20-11-13-21(14-12-20)30-16-15-19-7-5-6-10-23(19)31-22-8-3-2-4-9-22/h2-14,17-18,28-29H,15-16H2,1H3/b24-17-,25-18?. The predicted molar refractivity (Wildman–Crippen MR) is 125 cm³/mol. The van der Waals surface area contributed by atoms with Gasteiger partial charge in [0.25, 0.3) is 11.9 Å². The zero-order valence-corrected chi connectivity index (χ0v) is 18.1. The van der Waals surface area contributed by atoms with Crippen LogP contribution in [-0.2, 0) is 15.7 Å². The van der Waals surface area contributed by atoms with Crippen LogP contribution in [0.25, 0.3) is 0 Å². The lowest BCUT2D eigenvalue weighted by molar-refractivity contribution is 0.124. The number of ether oxygens (including phenoxy) is 2. The van der Waals surface area contributed by atoms with Gasteiger partial charge in [0, 0.05) is 18.9 Å². The van der Waals surface area contributed by atoms with Gasteiger partial charge in [0.05, 0.1) is 19.0 Å². The fraction of sp³-hybridized carbons (Fsp3) is 0.120. The Bertz CT molecular complexity index is 1100. The Morgan fingerprint density at radius 3 is 2.12 bits per heavy atom. The van der Waals surface area contributed by atoms with Gasteiger partial charge in [-0.1, -0.05) is 48.5 Å². The van der Waals surface area contributed by atoms with Crippen LogP contribution in [0.5, 0.6) is 17.2 Å². The third-order valence-corrected chi connectivity index (χ3v) is 4.82. The van der Waals surface area contributed by atoms with E-state index in [9.17, 15) is 10.2 Å². The first kappa shape index (κ1) is 22.0. The van der Waals surface area contributed by atoms with E-state index in [1.165, 1.54) is 17.3 Å². The van der Waals surface area contributed by atoms with Gasteiger partial charge < -0.3 is 33.9 Å². The molecule has 0 fully saturated rings. The van der Waals surface area contributed by atoms with Gasteiger partial charge >= 0.3 is 7.12 Å². The molecule has 1 aliphatic heterocycles. The minimum atomic E-state index is -0.998. The molecule has 4 rings (SSSR count). The summed E-state index contributed by atoms with van der Waals surface area (Å²) in [5, 5.41) is 19.7. The average molecular weight is 445 g/mol. The molecule has 3 aromatic rings. The number of nitrogens with zero attached hydrogens (tertiary/aromatic N) is 1. The van der Waals surface area contributed by atoms with Crippen molar-refractivity contribution in [1.29, 1.82) is 0 Å². The van der Waals surface area contributed by atoms with Gasteiger partial charge in [0.1, 0.15) is 17.2 Å². The Morgan fingerprint density at radius 1 is 0.788 bits per heavy atom. The van der Waals surface area contributed by atoms with Gasteiger partial charge in [-0.3, -0.25) is 0 Å². The molecule has 168 valence electrons. The quantitative estimate of drug-likeness (QED) is 0.519. The number of aliphatic hydroxyl groups is 2. The van der Waals surface area contributed by atoms with E-state index in [4.69, 9.17) is 18.8 Å². The third-order valence-electron chi connectivity index (χ3n) is 4.82. The summed E-state index contributed by atoms with van der Waals surface area (Å²) in [7, 11) is 0.625. The lowest BCUT2D eigenvalue weighted by Gasteiger charge is -2.20. The summed E-state index contributed by atoms with van der Waals surface area (Å²) in [5.74, 6) is 1.59. The van der Waals surface area contributed by atoms with Crippen molar-refractivity contribution in [1.82, 2.24) is 4.90 Å². The van der Waals surface area contributed by atoms with Gasteiger partial charge in [-0.05, 0) is 35.9 Å². The lowest BCUT2D eigenvalue weighted by atomic mass is 9.79. The lowest BCUT2D eigenvalue weighted by Crippen LogP contribution is -2.37. The number of rotatable bonds is 7. The number of aliphatic hydroxyl groups excluding tert-OH is 2. The Balaban J connectivity index is 1.35. The molecule has 0 unspecified atom stereocenters. The van der Waals surface area contributed by atoms with E-state index >= 15 is 0 Å². The second kappa shape index (κ2) is 10.4. The van der Waals surface area contributed by atoms with Crippen molar-refractivity contribution >= 4 is 12.6 Å². The van der Waals surface area contributed by atoms with Crippen LogP contribution in [0.1, 0.15) is 5.56 Å². The fourth-order valence-corrected chi connectivity index (χ4v) is 3.25. The Kier molecular flexibility index (Phi) is 6.95. The van der Waals surface area contributed by atoms with Crippen LogP contribution in [0.15, 0.2) is 103 Å². The molecule has 0 aromatic heterocycles. The van der Waals surface area contributed by atoms with Crippen LogP contribution in [0.3, 0.4) is 0 Å². The van der Waals surface area contributed by atoms with Crippen LogP contribution in [0, 0.1) is 0 Å². The van der Waals surface area contributed by atoms with Crippen molar-refractivity contribution in [2.75, 3.05) is 13.7 Å². The summed E-state index contributed by atoms with van der Waals surface area (Å²) in [6, 6.07) is 24.6. The maximum Gasteiger partial charge on any atom is 0.636 e. The van der Waals surface area contributed by atoms with Crippen LogP contribution in [0.2, 0.25) is 0 Å². The molecule has 7 nitrogen and oxygen atoms in total. The van der Waals surface area contributed by atoms with Crippen molar-refractivity contribution in [3.8, 4) is 17.2 Å². The zero-order chi connectivity index (χ0) is 23.0. The molecule has 0 amide bonds. The highest BCUT2D eigenvalue weighted by atomic mass is 16.7. The summed E-state index contributed by atoms with van der Waals surface area (Å²) < 4.78 is 22.6. The molecule has 33 heavy (non-hydrogen) atoms. The summed E-state index contributed by atoms with van der Waals surface area (Å²) in [6.45, 7) is 0.463. The van der Waals surface area contributed by atoms with E-state index in [1.807, 2.05) is 54.6 Å². The molecular formula is C25H24BNO6. The summed E-state index contributed by atoms with van der Waals surface area (Å²) in [4.78, 5) is 1.42. The van der Waals surface area contributed by atoms with Crippen molar-refractivity contribution in [3.05, 3.63) is 109 Å². The van der Waals surface area contributed by atoms with Gasteiger partial charge in [-0.2, -0.15) is 0 Å². The summed E-state index contributed by atoms with van der Waals surface area (Å²) in [5.41, 5.74) is 1.65. The molecular weight excluding hydrogens is 421 g/mol. The van der Waals surface area contributed by atoms with Crippen molar-refractivity contribution in [2.24, 2.45) is 0 Å². The van der Waals surface area contributed by atoms with Gasteiger partial charge in [-0.25, -0.2) is 0 Å². The van der Waals surface area contributed by atoms with Crippen molar-refractivity contribution in [3.63, 3.8) is 0 Å². The molecule has 0 radical (unpaired) electrons. The first-order chi connectivity index (χ1) is 16.1. The number of para-hydroxylation sites is 2. The maximum absolute atomic E-state index is 9.87. The van der Waals surface area contributed by atoms with Crippen molar-refractivity contribution < 1.29 is 29.0 Å². The van der Waals surface area contributed by atoms with E-state index in [0.29, 0.717) is 24.2 Å². The molecule has 0 bridgehead atoms. The molecule has 0 spiro atoms. The molecule has 0 saturated heterocycles. The highest BCUT2D eigenvalue weighted by molar-refractivity contribution is 6.61. The summed E-state index contributed by atoms with van der Waals surface area (Å²) in [6.07, 6.45) is 3.32. The highest BCUT2D eigenvalue weighted by Crippen LogP contribution is 2.25. The largest absolute Gasteiger partial charge is 0.636 e. The molecule has 0 saturated carbocycles. The SMILES string of the molecule is CN1C=C(O)OB(c2ccc(OCCc3ccccc3Oc3ccccc3)cc2)O/C(O)=C\1. The smallest absolute Gasteiger partial charge is 0.494 e. The molecule has 1 aliphatic rings. The van der Waals surface area contributed by atoms with E-state index in [2.05, 4.69) is 0 Å². The van der Waals surface area contributed by atoms with Crippen molar-refractivity contribution in [2.45, 2.75) is 6.42 Å². The highest BCUT2D eigenvalue weighted by Gasteiger charge is 2.29. The number of hydrogen-bond acceptors (Lipinski definition) is 7. The topological polar surface area (TPSA) is 80.6 Å². The minimum Gasteiger partial charge on any atom is -0.494 e. The zero-order valence-electron chi connectivity index (χ0n) is 18.1. The van der Waals surface area contributed by atoms with Gasteiger partial charge in [0.2, 0.25) is 0 Å². The first-order valence-electron chi connectivity index (χ1n) is 10.5. The van der Waals surface area contributed by atoms with E-state index in [0.717, 1.165) is 17.1 Å². The van der Waals surface area contributed by atoms with Crippen LogP contribution in [-0.4, -0.2) is 35.9 Å². The maximum atomic E-state index is 9.87. The predicted octanol–water partition coefficient (Wildman–Crippen LogP) is 4.49.